The van der Waals surface area contributed by atoms with Gasteiger partial charge in [0.2, 0.25) is 11.8 Å². The highest BCUT2D eigenvalue weighted by atomic mass is 19.1. The summed E-state index contributed by atoms with van der Waals surface area (Å²) in [4.78, 5) is 24.2. The average Bonchev–Trinajstić information content (AvgIpc) is 3.38. The van der Waals surface area contributed by atoms with E-state index >= 15 is 0 Å². The number of carbonyl (C=O) groups is 2. The van der Waals surface area contributed by atoms with Crippen molar-refractivity contribution in [1.29, 1.82) is 5.26 Å². The van der Waals surface area contributed by atoms with Crippen molar-refractivity contribution >= 4 is 23.2 Å². The van der Waals surface area contributed by atoms with Crippen LogP contribution in [0.2, 0.25) is 0 Å². The Kier molecular flexibility index (Phi) is 4.25. The molecule has 2 aromatic carbocycles. The number of nitrogens with one attached hydrogen (secondary N) is 2. The number of amides is 2. The maximum absolute atomic E-state index is 12.8. The first-order valence-corrected chi connectivity index (χ1v) is 7.44. The van der Waals surface area contributed by atoms with Crippen molar-refractivity contribution in [3.8, 4) is 6.07 Å². The normalized spacial score (nSPS) is 18.3. The van der Waals surface area contributed by atoms with E-state index < -0.39 is 0 Å². The molecule has 0 heterocycles. The standard InChI is InChI=1S/C18H14FN3O2/c19-12-3-7-14(8-4-12)22-18(24)16-9-15(16)17(23)21-13-5-1-11(10-20)2-6-13/h1-8,15-16H,9H2,(H,21,23)(H,22,24). The van der Waals surface area contributed by atoms with E-state index in [1.807, 2.05) is 6.07 Å². The monoisotopic (exact) mass is 323 g/mol. The fourth-order valence-electron chi connectivity index (χ4n) is 2.41. The molecule has 2 unspecified atom stereocenters. The van der Waals surface area contributed by atoms with Crippen LogP contribution in [0.5, 0.6) is 0 Å². The maximum Gasteiger partial charge on any atom is 0.228 e. The number of nitriles is 1. The number of nitrogens with zero attached hydrogens (tertiary/aromatic N) is 1. The summed E-state index contributed by atoms with van der Waals surface area (Å²) in [7, 11) is 0. The Morgan fingerprint density at radius 2 is 1.38 bits per heavy atom. The third-order valence-electron chi connectivity index (χ3n) is 3.86. The summed E-state index contributed by atoms with van der Waals surface area (Å²) < 4.78 is 12.8. The van der Waals surface area contributed by atoms with Gasteiger partial charge < -0.3 is 10.6 Å². The zero-order chi connectivity index (χ0) is 17.1. The van der Waals surface area contributed by atoms with Gasteiger partial charge in [-0.2, -0.15) is 5.26 Å². The van der Waals surface area contributed by atoms with Gasteiger partial charge in [0.15, 0.2) is 0 Å². The molecule has 0 saturated heterocycles. The van der Waals surface area contributed by atoms with Gasteiger partial charge in [-0.25, -0.2) is 4.39 Å². The lowest BCUT2D eigenvalue weighted by molar-refractivity contribution is -0.122. The molecule has 3 rings (SSSR count). The minimum absolute atomic E-state index is 0.223. The smallest absolute Gasteiger partial charge is 0.228 e. The largest absolute Gasteiger partial charge is 0.326 e. The first-order valence-electron chi connectivity index (χ1n) is 7.44. The summed E-state index contributed by atoms with van der Waals surface area (Å²) in [5, 5.41) is 14.1. The van der Waals surface area contributed by atoms with Crippen LogP contribution in [-0.4, -0.2) is 11.8 Å². The molecule has 0 aromatic heterocycles. The highest BCUT2D eigenvalue weighted by molar-refractivity contribution is 6.03. The highest BCUT2D eigenvalue weighted by Crippen LogP contribution is 2.40. The zero-order valence-electron chi connectivity index (χ0n) is 12.6. The predicted octanol–water partition coefficient (Wildman–Crippen LogP) is 2.91. The van der Waals surface area contributed by atoms with Gasteiger partial charge in [0, 0.05) is 11.4 Å². The lowest BCUT2D eigenvalue weighted by Crippen LogP contribution is -2.20. The summed E-state index contributed by atoms with van der Waals surface area (Å²) in [6, 6.07) is 14.0. The van der Waals surface area contributed by atoms with E-state index in [1.54, 1.807) is 24.3 Å². The lowest BCUT2D eigenvalue weighted by Gasteiger charge is -2.06. The van der Waals surface area contributed by atoms with Crippen LogP contribution in [0.15, 0.2) is 48.5 Å². The van der Waals surface area contributed by atoms with Crippen molar-refractivity contribution in [3.63, 3.8) is 0 Å². The molecule has 1 fully saturated rings. The summed E-state index contributed by atoms with van der Waals surface area (Å²) in [5.74, 6) is -1.60. The van der Waals surface area contributed by atoms with Crippen LogP contribution < -0.4 is 10.6 Å². The van der Waals surface area contributed by atoms with Crippen molar-refractivity contribution in [2.75, 3.05) is 10.6 Å². The minimum Gasteiger partial charge on any atom is -0.326 e. The second-order valence-electron chi connectivity index (χ2n) is 5.62. The van der Waals surface area contributed by atoms with Crippen molar-refractivity contribution in [2.45, 2.75) is 6.42 Å². The molecule has 2 aromatic rings. The van der Waals surface area contributed by atoms with Gasteiger partial charge in [-0.05, 0) is 55.0 Å². The van der Waals surface area contributed by atoms with E-state index in [9.17, 15) is 14.0 Å². The number of benzene rings is 2. The fraction of sp³-hybridized carbons (Fsp3) is 0.167. The molecule has 0 spiro atoms. The molecule has 1 aliphatic rings. The minimum atomic E-state index is -0.381. The van der Waals surface area contributed by atoms with Gasteiger partial charge in [0.25, 0.3) is 0 Å². The molecule has 1 saturated carbocycles. The molecule has 2 N–H and O–H groups in total. The molecule has 0 radical (unpaired) electrons. The maximum atomic E-state index is 12.8. The summed E-state index contributed by atoms with van der Waals surface area (Å²) in [6.45, 7) is 0. The topological polar surface area (TPSA) is 82.0 Å². The molecule has 2 amide bonds. The van der Waals surface area contributed by atoms with Crippen LogP contribution in [-0.2, 0) is 9.59 Å². The number of rotatable bonds is 4. The first-order chi connectivity index (χ1) is 11.6. The van der Waals surface area contributed by atoms with E-state index in [0.29, 0.717) is 23.4 Å². The highest BCUT2D eigenvalue weighted by Gasteiger charge is 2.48. The molecular weight excluding hydrogens is 309 g/mol. The van der Waals surface area contributed by atoms with Gasteiger partial charge in [-0.15, -0.1) is 0 Å². The van der Waals surface area contributed by atoms with Gasteiger partial charge in [0.05, 0.1) is 23.5 Å². The second-order valence-corrected chi connectivity index (χ2v) is 5.62. The van der Waals surface area contributed by atoms with E-state index in [4.69, 9.17) is 5.26 Å². The second kappa shape index (κ2) is 6.50. The Bertz CT molecular complexity index is 810. The molecule has 2 atom stereocenters. The molecule has 24 heavy (non-hydrogen) atoms. The molecule has 1 aliphatic carbocycles. The van der Waals surface area contributed by atoms with Crippen LogP contribution >= 0.6 is 0 Å². The summed E-state index contributed by atoms with van der Waals surface area (Å²) >= 11 is 0. The van der Waals surface area contributed by atoms with Gasteiger partial charge in [-0.1, -0.05) is 0 Å². The molecule has 0 bridgehead atoms. The molecule has 5 nitrogen and oxygen atoms in total. The number of anilines is 2. The predicted molar refractivity (Wildman–Crippen MR) is 86.4 cm³/mol. The van der Waals surface area contributed by atoms with Crippen molar-refractivity contribution in [1.82, 2.24) is 0 Å². The van der Waals surface area contributed by atoms with E-state index in [2.05, 4.69) is 10.6 Å². The summed E-state index contributed by atoms with van der Waals surface area (Å²) in [6.07, 6.45) is 0.481. The Morgan fingerprint density at radius 3 is 1.83 bits per heavy atom. The van der Waals surface area contributed by atoms with Gasteiger partial charge >= 0.3 is 0 Å². The molecule has 6 heteroatoms. The number of carbonyl (C=O) groups excluding carboxylic acids is 2. The van der Waals surface area contributed by atoms with Crippen LogP contribution in [0, 0.1) is 29.0 Å². The van der Waals surface area contributed by atoms with Crippen LogP contribution in [0.1, 0.15) is 12.0 Å². The molecule has 120 valence electrons. The van der Waals surface area contributed by atoms with Crippen LogP contribution in [0.25, 0.3) is 0 Å². The third-order valence-corrected chi connectivity index (χ3v) is 3.86. The summed E-state index contributed by atoms with van der Waals surface area (Å²) in [5.41, 5.74) is 1.60. The Hall–Kier alpha value is -3.20. The number of hydrogen-bond donors (Lipinski definition) is 2. The Morgan fingerprint density at radius 1 is 0.917 bits per heavy atom. The van der Waals surface area contributed by atoms with Gasteiger partial charge in [-0.3, -0.25) is 9.59 Å². The SMILES string of the molecule is N#Cc1ccc(NC(=O)C2CC2C(=O)Nc2ccc(F)cc2)cc1. The average molecular weight is 323 g/mol. The fourth-order valence-corrected chi connectivity index (χ4v) is 2.41. The number of halogens is 1. The first kappa shape index (κ1) is 15.7. The molecule has 0 aliphatic heterocycles. The lowest BCUT2D eigenvalue weighted by atomic mass is 10.2. The number of hydrogen-bond acceptors (Lipinski definition) is 3. The van der Waals surface area contributed by atoms with Crippen molar-refractivity contribution in [3.05, 3.63) is 59.9 Å². The van der Waals surface area contributed by atoms with Crippen molar-refractivity contribution < 1.29 is 14.0 Å². The Labute approximate surface area is 138 Å². The van der Waals surface area contributed by atoms with E-state index in [1.165, 1.54) is 24.3 Å². The molecular formula is C18H14FN3O2. The van der Waals surface area contributed by atoms with Crippen molar-refractivity contribution in [2.24, 2.45) is 11.8 Å². The van der Waals surface area contributed by atoms with Crippen LogP contribution in [0.3, 0.4) is 0 Å². The van der Waals surface area contributed by atoms with Crippen LogP contribution in [0.4, 0.5) is 15.8 Å². The van der Waals surface area contributed by atoms with E-state index in [0.717, 1.165) is 0 Å². The quantitative estimate of drug-likeness (QED) is 0.907. The van der Waals surface area contributed by atoms with E-state index in [-0.39, 0.29) is 29.5 Å². The Balaban J connectivity index is 1.53. The zero-order valence-corrected chi connectivity index (χ0v) is 12.6. The van der Waals surface area contributed by atoms with Gasteiger partial charge in [0.1, 0.15) is 5.82 Å². The third kappa shape index (κ3) is 3.58.